The van der Waals surface area contributed by atoms with Crippen molar-refractivity contribution in [3.63, 3.8) is 0 Å². The number of carbonyl (C=O) groups excluding carboxylic acids is 1. The molecule has 0 radical (unpaired) electrons. The van der Waals surface area contributed by atoms with Gasteiger partial charge in [0.25, 0.3) is 0 Å². The number of amides is 1. The fourth-order valence-electron chi connectivity index (χ4n) is 2.71. The maximum atomic E-state index is 12.1. The molecule has 1 amide bonds. The molecule has 6 heteroatoms. The summed E-state index contributed by atoms with van der Waals surface area (Å²) >= 11 is 0. The Kier molecular flexibility index (Phi) is 4.80. The lowest BCUT2D eigenvalue weighted by Gasteiger charge is -2.19. The maximum Gasteiger partial charge on any atom is 0.222 e. The van der Waals surface area contributed by atoms with Gasteiger partial charge in [0.2, 0.25) is 5.91 Å². The Labute approximate surface area is 129 Å². The van der Waals surface area contributed by atoms with E-state index in [1.54, 1.807) is 23.3 Å². The lowest BCUT2D eigenvalue weighted by Crippen LogP contribution is -2.40. The molecule has 0 bridgehead atoms. The van der Waals surface area contributed by atoms with Crippen molar-refractivity contribution in [3.8, 4) is 0 Å². The van der Waals surface area contributed by atoms with E-state index in [1.165, 1.54) is 5.56 Å². The third-order valence-electron chi connectivity index (χ3n) is 3.92. The van der Waals surface area contributed by atoms with E-state index in [9.17, 15) is 4.79 Å². The number of pyridine rings is 1. The largest absolute Gasteiger partial charge is 0.379 e. The van der Waals surface area contributed by atoms with Crippen LogP contribution in [0.3, 0.4) is 0 Å². The number of hydrogen-bond donors (Lipinski definition) is 1. The Balaban J connectivity index is 1.49. The van der Waals surface area contributed by atoms with Gasteiger partial charge in [-0.05, 0) is 30.2 Å². The van der Waals surface area contributed by atoms with Crippen LogP contribution >= 0.6 is 0 Å². The molecule has 22 heavy (non-hydrogen) atoms. The van der Waals surface area contributed by atoms with Crippen LogP contribution in [-0.2, 0) is 22.5 Å². The van der Waals surface area contributed by atoms with Crippen molar-refractivity contribution < 1.29 is 9.53 Å². The highest BCUT2D eigenvalue weighted by Gasteiger charge is 2.29. The molecule has 1 N–H and O–H groups in total. The molecule has 0 spiro atoms. The van der Waals surface area contributed by atoms with Crippen molar-refractivity contribution in [2.75, 3.05) is 13.2 Å². The average molecular weight is 300 g/mol. The first-order valence-electron chi connectivity index (χ1n) is 7.55. The number of nitrogens with one attached hydrogen (secondary N) is 1. The zero-order valence-electron chi connectivity index (χ0n) is 12.4. The van der Waals surface area contributed by atoms with Crippen molar-refractivity contribution >= 4 is 5.91 Å². The Hall–Kier alpha value is -2.21. The third-order valence-corrected chi connectivity index (χ3v) is 3.92. The van der Waals surface area contributed by atoms with E-state index in [-0.39, 0.29) is 11.9 Å². The zero-order chi connectivity index (χ0) is 15.2. The topological polar surface area (TPSA) is 69.0 Å². The summed E-state index contributed by atoms with van der Waals surface area (Å²) in [7, 11) is 0. The Bertz CT molecular complexity index is 585. The predicted octanol–water partition coefficient (Wildman–Crippen LogP) is 1.04. The average Bonchev–Trinajstić information content (AvgIpc) is 3.19. The first kappa shape index (κ1) is 14.7. The summed E-state index contributed by atoms with van der Waals surface area (Å²) in [6.07, 6.45) is 8.49. The van der Waals surface area contributed by atoms with E-state index < -0.39 is 0 Å². The van der Waals surface area contributed by atoms with Gasteiger partial charge in [0.1, 0.15) is 0 Å². The molecule has 1 aliphatic rings. The molecule has 1 aliphatic heterocycles. The Morgan fingerprint density at radius 1 is 1.32 bits per heavy atom. The molecule has 1 fully saturated rings. The molecule has 0 saturated carbocycles. The number of hydrogen-bond acceptors (Lipinski definition) is 4. The number of aromatic nitrogens is 3. The van der Waals surface area contributed by atoms with Crippen LogP contribution in [-0.4, -0.2) is 39.9 Å². The van der Waals surface area contributed by atoms with Gasteiger partial charge < -0.3 is 10.1 Å². The summed E-state index contributed by atoms with van der Waals surface area (Å²) in [5.41, 5.74) is 1.22. The summed E-state index contributed by atoms with van der Waals surface area (Å²) in [4.78, 5) is 16.1. The minimum atomic E-state index is 0.0470. The van der Waals surface area contributed by atoms with Gasteiger partial charge in [-0.25, -0.2) is 0 Å². The van der Waals surface area contributed by atoms with Gasteiger partial charge in [-0.2, -0.15) is 5.10 Å². The normalized spacial score (nSPS) is 20.9. The molecular weight excluding hydrogens is 280 g/mol. The van der Waals surface area contributed by atoms with Crippen LogP contribution in [0.2, 0.25) is 0 Å². The molecule has 2 aromatic rings. The van der Waals surface area contributed by atoms with Crippen LogP contribution < -0.4 is 5.32 Å². The molecule has 0 aromatic carbocycles. The second-order valence-corrected chi connectivity index (χ2v) is 5.55. The van der Waals surface area contributed by atoms with Gasteiger partial charge in [-0.15, -0.1) is 0 Å². The number of ether oxygens (including phenoxy) is 1. The second kappa shape index (κ2) is 7.17. The zero-order valence-corrected chi connectivity index (χ0v) is 12.4. The van der Waals surface area contributed by atoms with E-state index in [4.69, 9.17) is 4.74 Å². The fraction of sp³-hybridized carbons (Fsp3) is 0.438. The molecule has 116 valence electrons. The van der Waals surface area contributed by atoms with Gasteiger partial charge in [0.15, 0.2) is 0 Å². The quantitative estimate of drug-likeness (QED) is 0.865. The number of rotatable bonds is 6. The van der Waals surface area contributed by atoms with Gasteiger partial charge in [-0.1, -0.05) is 0 Å². The van der Waals surface area contributed by atoms with Crippen molar-refractivity contribution in [2.24, 2.45) is 5.92 Å². The van der Waals surface area contributed by atoms with E-state index in [0.717, 1.165) is 6.42 Å². The third kappa shape index (κ3) is 3.92. The molecule has 1 saturated heterocycles. The van der Waals surface area contributed by atoms with Crippen LogP contribution in [0, 0.1) is 5.92 Å². The first-order valence-corrected chi connectivity index (χ1v) is 7.55. The van der Waals surface area contributed by atoms with Crippen molar-refractivity contribution in [3.05, 3.63) is 48.5 Å². The van der Waals surface area contributed by atoms with Crippen LogP contribution in [0.25, 0.3) is 0 Å². The van der Waals surface area contributed by atoms with Gasteiger partial charge in [0, 0.05) is 43.7 Å². The van der Waals surface area contributed by atoms with Gasteiger partial charge >= 0.3 is 0 Å². The Morgan fingerprint density at radius 3 is 2.95 bits per heavy atom. The monoisotopic (exact) mass is 300 g/mol. The van der Waals surface area contributed by atoms with E-state index >= 15 is 0 Å². The highest BCUT2D eigenvalue weighted by atomic mass is 16.5. The number of carbonyl (C=O) groups is 1. The van der Waals surface area contributed by atoms with Crippen molar-refractivity contribution in [2.45, 2.75) is 25.4 Å². The lowest BCUT2D eigenvalue weighted by atomic mass is 9.95. The maximum absolute atomic E-state index is 12.1. The first-order chi connectivity index (χ1) is 10.8. The summed E-state index contributed by atoms with van der Waals surface area (Å²) in [5.74, 6) is 0.363. The molecule has 6 nitrogen and oxygen atoms in total. The van der Waals surface area contributed by atoms with E-state index in [0.29, 0.717) is 32.1 Å². The lowest BCUT2D eigenvalue weighted by molar-refractivity contribution is -0.122. The minimum absolute atomic E-state index is 0.0470. The van der Waals surface area contributed by atoms with Gasteiger partial charge in [-0.3, -0.25) is 14.5 Å². The predicted molar refractivity (Wildman–Crippen MR) is 81.0 cm³/mol. The fourth-order valence-corrected chi connectivity index (χ4v) is 2.71. The highest BCUT2D eigenvalue weighted by molar-refractivity contribution is 5.76. The van der Waals surface area contributed by atoms with E-state index in [2.05, 4.69) is 15.4 Å². The number of aryl methyl sites for hydroxylation is 1. The van der Waals surface area contributed by atoms with Gasteiger partial charge in [0.05, 0.1) is 19.3 Å². The van der Waals surface area contributed by atoms with Crippen LogP contribution in [0.4, 0.5) is 0 Å². The summed E-state index contributed by atoms with van der Waals surface area (Å²) in [6, 6.07) is 5.95. The van der Waals surface area contributed by atoms with Crippen LogP contribution in [0.15, 0.2) is 43.0 Å². The second-order valence-electron chi connectivity index (χ2n) is 5.55. The SMILES string of the molecule is O=C(CCn1cccn1)N[C@@H]1COC[C@H]1Cc1ccncc1. The standard InChI is InChI=1S/C16H20N4O2/c21-16(4-9-20-8-1-5-18-20)19-15-12-22-11-14(15)10-13-2-6-17-7-3-13/h1-3,5-8,14-15H,4,9-12H2,(H,19,21)/t14-,15-/m1/s1. The molecule has 3 rings (SSSR count). The van der Waals surface area contributed by atoms with E-state index in [1.807, 2.05) is 24.4 Å². The summed E-state index contributed by atoms with van der Waals surface area (Å²) in [5, 5.41) is 7.19. The molecular formula is C16H20N4O2. The molecule has 2 atom stereocenters. The van der Waals surface area contributed by atoms with Crippen LogP contribution in [0.1, 0.15) is 12.0 Å². The highest BCUT2D eigenvalue weighted by Crippen LogP contribution is 2.19. The van der Waals surface area contributed by atoms with Crippen molar-refractivity contribution in [1.82, 2.24) is 20.1 Å². The summed E-state index contributed by atoms with van der Waals surface area (Å²) in [6.45, 7) is 1.87. The molecule has 0 unspecified atom stereocenters. The molecule has 0 aliphatic carbocycles. The summed E-state index contributed by atoms with van der Waals surface area (Å²) < 4.78 is 7.31. The molecule has 3 heterocycles. The minimum Gasteiger partial charge on any atom is -0.379 e. The Morgan fingerprint density at radius 2 is 2.18 bits per heavy atom. The van der Waals surface area contributed by atoms with Crippen molar-refractivity contribution in [1.29, 1.82) is 0 Å². The number of nitrogens with zero attached hydrogens (tertiary/aromatic N) is 3. The van der Waals surface area contributed by atoms with Crippen LogP contribution in [0.5, 0.6) is 0 Å². The smallest absolute Gasteiger partial charge is 0.222 e. The molecule has 2 aromatic heterocycles.